The van der Waals surface area contributed by atoms with Crippen LogP contribution in [0.1, 0.15) is 31.7 Å². The molecule has 17 heavy (non-hydrogen) atoms. The minimum absolute atomic E-state index is 0.235. The Balaban J connectivity index is 2.13. The van der Waals surface area contributed by atoms with Crippen LogP contribution in [0.3, 0.4) is 0 Å². The fourth-order valence-electron chi connectivity index (χ4n) is 4.07. The molecule has 0 N–H and O–H groups in total. The van der Waals surface area contributed by atoms with Crippen LogP contribution in [0.4, 0.5) is 5.69 Å². The Morgan fingerprint density at radius 3 is 2.82 bits per heavy atom. The number of nitrogens with zero attached hydrogens (tertiary/aromatic N) is 1. The van der Waals surface area contributed by atoms with Gasteiger partial charge in [-0.2, -0.15) is 0 Å². The van der Waals surface area contributed by atoms with Gasteiger partial charge >= 0.3 is 0 Å². The molecule has 0 spiro atoms. The summed E-state index contributed by atoms with van der Waals surface area (Å²) in [5.41, 5.74) is 3.19. The van der Waals surface area contributed by atoms with E-state index in [0.29, 0.717) is 17.9 Å². The van der Waals surface area contributed by atoms with Crippen molar-refractivity contribution in [2.45, 2.75) is 32.2 Å². The first-order chi connectivity index (χ1) is 8.09. The third kappa shape index (κ3) is 1.20. The summed E-state index contributed by atoms with van der Waals surface area (Å²) >= 11 is 0. The molecule has 1 heterocycles. The second-order valence-electron chi connectivity index (χ2n) is 5.93. The van der Waals surface area contributed by atoms with Gasteiger partial charge in [0.25, 0.3) is 0 Å². The first-order valence-corrected chi connectivity index (χ1v) is 6.55. The molecule has 0 radical (unpaired) electrons. The van der Waals surface area contributed by atoms with Crippen molar-refractivity contribution in [2.75, 3.05) is 11.9 Å². The quantitative estimate of drug-likeness (QED) is 0.659. The summed E-state index contributed by atoms with van der Waals surface area (Å²) in [5, 5.41) is 0. The highest BCUT2D eigenvalue weighted by atomic mass is 15.2. The van der Waals surface area contributed by atoms with E-state index < -0.39 is 0 Å². The van der Waals surface area contributed by atoms with Crippen LogP contribution in [0.15, 0.2) is 36.9 Å². The van der Waals surface area contributed by atoms with E-state index in [-0.39, 0.29) is 5.41 Å². The lowest BCUT2D eigenvalue weighted by molar-refractivity contribution is 0.294. The molecular weight excluding hydrogens is 206 g/mol. The first-order valence-electron chi connectivity index (χ1n) is 6.55. The summed E-state index contributed by atoms with van der Waals surface area (Å²) in [6, 6.07) is 9.46. The molecule has 1 aliphatic carbocycles. The van der Waals surface area contributed by atoms with Gasteiger partial charge in [-0.05, 0) is 24.0 Å². The van der Waals surface area contributed by atoms with Crippen LogP contribution in [0, 0.1) is 11.3 Å². The zero-order chi connectivity index (χ0) is 12.2. The lowest BCUT2D eigenvalue weighted by Crippen LogP contribution is -2.41. The van der Waals surface area contributed by atoms with Crippen LogP contribution in [-0.2, 0) is 0 Å². The lowest BCUT2D eigenvalue weighted by Gasteiger charge is -2.37. The summed E-state index contributed by atoms with van der Waals surface area (Å²) in [6.07, 6.45) is 3.47. The lowest BCUT2D eigenvalue weighted by atomic mass is 9.77. The van der Waals surface area contributed by atoms with Gasteiger partial charge < -0.3 is 4.90 Å². The Labute approximate surface area is 104 Å². The highest BCUT2D eigenvalue weighted by molar-refractivity contribution is 5.63. The monoisotopic (exact) mass is 227 g/mol. The van der Waals surface area contributed by atoms with Crippen LogP contribution in [0.25, 0.3) is 0 Å². The number of anilines is 1. The first kappa shape index (κ1) is 10.9. The van der Waals surface area contributed by atoms with Crippen molar-refractivity contribution < 1.29 is 0 Å². The van der Waals surface area contributed by atoms with E-state index in [4.69, 9.17) is 0 Å². The second kappa shape index (κ2) is 3.38. The molecule has 1 fully saturated rings. The third-order valence-electron chi connectivity index (χ3n) is 5.26. The highest BCUT2D eigenvalue weighted by Gasteiger charge is 2.54. The molecule has 2 aliphatic rings. The minimum atomic E-state index is 0.235. The molecule has 2 unspecified atom stereocenters. The van der Waals surface area contributed by atoms with Crippen molar-refractivity contribution in [3.63, 3.8) is 0 Å². The molecule has 1 nitrogen and oxygen atoms in total. The van der Waals surface area contributed by atoms with Crippen molar-refractivity contribution in [3.8, 4) is 0 Å². The Bertz CT molecular complexity index is 464. The van der Waals surface area contributed by atoms with Crippen LogP contribution < -0.4 is 4.90 Å². The fraction of sp³-hybridized carbons (Fsp3) is 0.500. The van der Waals surface area contributed by atoms with Gasteiger partial charge in [-0.3, -0.25) is 0 Å². The molecule has 1 heteroatoms. The number of rotatable bonds is 1. The molecule has 1 aliphatic heterocycles. The fourth-order valence-corrected chi connectivity index (χ4v) is 4.07. The van der Waals surface area contributed by atoms with E-state index in [1.807, 2.05) is 0 Å². The van der Waals surface area contributed by atoms with Gasteiger partial charge in [0.05, 0.1) is 0 Å². The van der Waals surface area contributed by atoms with Crippen molar-refractivity contribution in [1.82, 2.24) is 0 Å². The summed E-state index contributed by atoms with van der Waals surface area (Å²) in [4.78, 5) is 2.48. The predicted octanol–water partition coefficient (Wildman–Crippen LogP) is 3.82. The largest absolute Gasteiger partial charge is 0.370 e. The average Bonchev–Trinajstić information content (AvgIpc) is 2.77. The topological polar surface area (TPSA) is 3.24 Å². The van der Waals surface area contributed by atoms with Crippen molar-refractivity contribution in [2.24, 2.45) is 11.3 Å². The van der Waals surface area contributed by atoms with E-state index in [9.17, 15) is 0 Å². The third-order valence-corrected chi connectivity index (χ3v) is 5.26. The normalized spacial score (nSPS) is 39.0. The molecular formula is C16H21N. The number of hydrogen-bond acceptors (Lipinski definition) is 1. The second-order valence-corrected chi connectivity index (χ2v) is 5.93. The maximum Gasteiger partial charge on any atom is 0.0446 e. The van der Waals surface area contributed by atoms with Crippen molar-refractivity contribution in [1.29, 1.82) is 0 Å². The summed E-state index contributed by atoms with van der Waals surface area (Å²) in [5.74, 6) is 1.40. The minimum Gasteiger partial charge on any atom is -0.370 e. The Kier molecular flexibility index (Phi) is 2.16. The SMILES string of the molecule is C=C[C@]1(C)C2C(C[C@H]1C)c1ccccc1N2C. The summed E-state index contributed by atoms with van der Waals surface area (Å²) in [7, 11) is 2.24. The maximum absolute atomic E-state index is 4.10. The Hall–Kier alpha value is -1.24. The van der Waals surface area contributed by atoms with E-state index in [1.54, 1.807) is 0 Å². The van der Waals surface area contributed by atoms with Gasteiger partial charge in [-0.1, -0.05) is 38.1 Å². The average molecular weight is 227 g/mol. The summed E-state index contributed by atoms with van der Waals surface area (Å²) < 4.78 is 0. The number of hydrogen-bond donors (Lipinski definition) is 0. The molecule has 4 atom stereocenters. The van der Waals surface area contributed by atoms with Gasteiger partial charge in [0.2, 0.25) is 0 Å². The van der Waals surface area contributed by atoms with Gasteiger partial charge in [-0.25, -0.2) is 0 Å². The van der Waals surface area contributed by atoms with Crippen molar-refractivity contribution >= 4 is 5.69 Å². The molecule has 1 aromatic rings. The van der Waals surface area contributed by atoms with Gasteiger partial charge in [0.15, 0.2) is 0 Å². The van der Waals surface area contributed by atoms with Gasteiger partial charge in [0.1, 0.15) is 0 Å². The van der Waals surface area contributed by atoms with Crippen LogP contribution in [0.5, 0.6) is 0 Å². The maximum atomic E-state index is 4.10. The Morgan fingerprint density at radius 1 is 1.41 bits per heavy atom. The Morgan fingerprint density at radius 2 is 2.12 bits per heavy atom. The highest BCUT2D eigenvalue weighted by Crippen LogP contribution is 2.58. The molecule has 90 valence electrons. The van der Waals surface area contributed by atoms with Gasteiger partial charge in [-0.15, -0.1) is 6.58 Å². The number of fused-ring (bicyclic) bond motifs is 3. The van der Waals surface area contributed by atoms with Crippen molar-refractivity contribution in [3.05, 3.63) is 42.5 Å². The predicted molar refractivity (Wildman–Crippen MR) is 73.5 cm³/mol. The molecule has 0 bridgehead atoms. The summed E-state index contributed by atoms with van der Waals surface area (Å²) in [6.45, 7) is 8.84. The van der Waals surface area contributed by atoms with E-state index in [1.165, 1.54) is 17.7 Å². The molecule has 0 aromatic heterocycles. The van der Waals surface area contributed by atoms with Gasteiger partial charge in [0, 0.05) is 30.1 Å². The van der Waals surface area contributed by atoms with Crippen LogP contribution in [0.2, 0.25) is 0 Å². The van der Waals surface area contributed by atoms with E-state index >= 15 is 0 Å². The van der Waals surface area contributed by atoms with Crippen LogP contribution in [-0.4, -0.2) is 13.1 Å². The smallest absolute Gasteiger partial charge is 0.0446 e. The van der Waals surface area contributed by atoms with E-state index in [2.05, 4.69) is 62.7 Å². The number of para-hydroxylation sites is 1. The standard InChI is InChI=1S/C16H21N/c1-5-16(3)11(2)10-13-12-8-6-7-9-14(12)17(4)15(13)16/h5-9,11,13,15H,1,10H2,2-4H3/t11-,13?,15?,16+/m1/s1. The molecule has 1 aromatic carbocycles. The number of likely N-dealkylation sites (N-methyl/N-ethyl adjacent to an activating group) is 1. The molecule has 0 saturated heterocycles. The molecule has 0 amide bonds. The zero-order valence-corrected chi connectivity index (χ0v) is 11.0. The van der Waals surface area contributed by atoms with E-state index in [0.717, 1.165) is 0 Å². The molecule has 1 saturated carbocycles. The number of benzene rings is 1. The van der Waals surface area contributed by atoms with Crippen LogP contribution >= 0.6 is 0 Å². The molecule has 3 rings (SSSR count). The zero-order valence-electron chi connectivity index (χ0n) is 11.0.